The third-order valence-electron chi connectivity index (χ3n) is 2.80. The Hall–Kier alpha value is -1.29. The highest BCUT2D eigenvalue weighted by Crippen LogP contribution is 2.31. The van der Waals surface area contributed by atoms with E-state index in [1.807, 2.05) is 0 Å². The van der Waals surface area contributed by atoms with E-state index in [9.17, 15) is 14.4 Å². The maximum absolute atomic E-state index is 11.4. The maximum atomic E-state index is 11.4. The van der Waals surface area contributed by atoms with Gasteiger partial charge in [-0.2, -0.15) is 0 Å². The Morgan fingerprint density at radius 1 is 0.920 bits per heavy atom. The Morgan fingerprint density at radius 3 is 1.84 bits per heavy atom. The maximum Gasteiger partial charge on any atom is 0.303 e. The van der Waals surface area contributed by atoms with Crippen molar-refractivity contribution in [2.45, 2.75) is 49.2 Å². The van der Waals surface area contributed by atoms with Gasteiger partial charge >= 0.3 is 17.9 Å². The summed E-state index contributed by atoms with van der Waals surface area (Å²) in [5.74, 6) is -2.95. The van der Waals surface area contributed by atoms with Gasteiger partial charge in [0.05, 0.1) is 6.61 Å². The van der Waals surface area contributed by atoms with Crippen LogP contribution in [0.25, 0.3) is 0 Å². The van der Waals surface area contributed by atoms with E-state index in [1.165, 1.54) is 0 Å². The van der Waals surface area contributed by atoms with Gasteiger partial charge in [-0.05, 0) is 0 Å². The quantitative estimate of drug-likeness (QED) is 0.239. The van der Waals surface area contributed by atoms with Crippen molar-refractivity contribution in [1.29, 1.82) is 5.41 Å². The Bertz CT molecular complexity index is 550. The van der Waals surface area contributed by atoms with Crippen LogP contribution in [-0.4, -0.2) is 58.8 Å². The summed E-state index contributed by atoms with van der Waals surface area (Å²) in [5.41, 5.74) is 0. The molecule has 142 valence electrons. The molecule has 0 bridgehead atoms. The average molecular weight is 421 g/mol. The van der Waals surface area contributed by atoms with Crippen LogP contribution in [0.5, 0.6) is 0 Å². The smallest absolute Gasteiger partial charge is 0.303 e. The lowest BCUT2D eigenvalue weighted by atomic mass is 10.0. The third kappa shape index (κ3) is 6.85. The molecule has 1 rings (SSSR count). The van der Waals surface area contributed by atoms with Gasteiger partial charge in [-0.3, -0.25) is 19.8 Å². The normalized spacial score (nSPS) is 26.3. The van der Waals surface area contributed by atoms with Crippen LogP contribution < -0.4 is 0 Å². The lowest BCUT2D eigenvalue weighted by Crippen LogP contribution is -2.58. The van der Waals surface area contributed by atoms with Gasteiger partial charge in [-0.1, -0.05) is 34.8 Å². The first kappa shape index (κ1) is 21.8. The SMILES string of the molecule is CC(=O)O[C@@H]1[C@@H](OC(C)=O)[C@H](OC(=N)C(Cl)(Cl)Cl)OC[C@H]1OC(C)=O. The molecule has 0 aromatic heterocycles. The van der Waals surface area contributed by atoms with Crippen molar-refractivity contribution >= 4 is 58.6 Å². The minimum absolute atomic E-state index is 0.271. The lowest BCUT2D eigenvalue weighted by Gasteiger charge is -2.40. The molecule has 1 aliphatic rings. The zero-order valence-electron chi connectivity index (χ0n) is 13.4. The molecule has 0 saturated carbocycles. The largest absolute Gasteiger partial charge is 0.456 e. The van der Waals surface area contributed by atoms with E-state index in [4.69, 9.17) is 63.9 Å². The van der Waals surface area contributed by atoms with Crippen LogP contribution >= 0.6 is 34.8 Å². The number of esters is 3. The molecule has 0 aliphatic carbocycles. The molecule has 0 amide bonds. The van der Waals surface area contributed by atoms with E-state index in [0.29, 0.717) is 0 Å². The average Bonchev–Trinajstić information content (AvgIpc) is 2.42. The highest BCUT2D eigenvalue weighted by molar-refractivity contribution is 6.76. The molecule has 0 radical (unpaired) electrons. The van der Waals surface area contributed by atoms with Gasteiger partial charge in [0.1, 0.15) is 0 Å². The third-order valence-corrected chi connectivity index (χ3v) is 3.31. The van der Waals surface area contributed by atoms with E-state index < -0.39 is 52.2 Å². The summed E-state index contributed by atoms with van der Waals surface area (Å²) < 4.78 is 23.4. The van der Waals surface area contributed by atoms with Crippen LogP contribution in [0, 0.1) is 5.41 Å². The summed E-state index contributed by atoms with van der Waals surface area (Å²) in [4.78, 5) is 34.0. The molecular formula is C13H16Cl3NO8. The van der Waals surface area contributed by atoms with Crippen molar-refractivity contribution < 1.29 is 38.1 Å². The van der Waals surface area contributed by atoms with Crippen molar-refractivity contribution in [3.05, 3.63) is 0 Å². The lowest BCUT2D eigenvalue weighted by molar-refractivity contribution is -0.263. The molecule has 1 N–H and O–H groups in total. The second-order valence-electron chi connectivity index (χ2n) is 4.94. The molecule has 25 heavy (non-hydrogen) atoms. The van der Waals surface area contributed by atoms with Crippen molar-refractivity contribution in [3.63, 3.8) is 0 Å². The molecule has 1 aliphatic heterocycles. The molecule has 4 atom stereocenters. The minimum Gasteiger partial charge on any atom is -0.456 e. The zero-order valence-corrected chi connectivity index (χ0v) is 15.7. The molecule has 1 fully saturated rings. The number of alkyl halides is 3. The van der Waals surface area contributed by atoms with Gasteiger partial charge in [0.25, 0.3) is 3.79 Å². The van der Waals surface area contributed by atoms with Crippen LogP contribution in [0.1, 0.15) is 20.8 Å². The monoisotopic (exact) mass is 419 g/mol. The molecule has 1 heterocycles. The highest BCUT2D eigenvalue weighted by atomic mass is 35.6. The van der Waals surface area contributed by atoms with Crippen LogP contribution in [0.15, 0.2) is 0 Å². The molecule has 12 heteroatoms. The molecule has 0 unspecified atom stereocenters. The first-order chi connectivity index (χ1) is 11.4. The van der Waals surface area contributed by atoms with Gasteiger partial charge in [-0.25, -0.2) is 0 Å². The molecule has 0 spiro atoms. The van der Waals surface area contributed by atoms with Gasteiger partial charge < -0.3 is 23.7 Å². The number of ether oxygens (including phenoxy) is 5. The zero-order chi connectivity index (χ0) is 19.4. The first-order valence-electron chi connectivity index (χ1n) is 6.87. The molecule has 0 aromatic rings. The van der Waals surface area contributed by atoms with Crippen molar-refractivity contribution in [2.75, 3.05) is 6.61 Å². The predicted octanol–water partition coefficient (Wildman–Crippen LogP) is 1.50. The van der Waals surface area contributed by atoms with Crippen LogP contribution in [0.2, 0.25) is 0 Å². The standard InChI is InChI=1S/C13H16Cl3NO8/c1-5(18)22-8-4-21-11(25-12(17)13(14,15)16)10(24-7(3)20)9(8)23-6(2)19/h8-11,17H,4H2,1-3H3/t8-,9+,10-,11+/m1/s1. The fourth-order valence-corrected chi connectivity index (χ4v) is 2.13. The van der Waals surface area contributed by atoms with Crippen molar-refractivity contribution in [3.8, 4) is 0 Å². The summed E-state index contributed by atoms with van der Waals surface area (Å²) in [7, 11) is 0. The number of hydrogen-bond acceptors (Lipinski definition) is 9. The Labute approximate surface area is 158 Å². The number of nitrogens with one attached hydrogen (secondary N) is 1. The van der Waals surface area contributed by atoms with E-state index >= 15 is 0 Å². The molecule has 9 nitrogen and oxygen atoms in total. The highest BCUT2D eigenvalue weighted by Gasteiger charge is 2.49. The summed E-state index contributed by atoms with van der Waals surface area (Å²) in [6.07, 6.45) is -5.10. The van der Waals surface area contributed by atoms with E-state index in [0.717, 1.165) is 20.8 Å². The number of carbonyl (C=O) groups is 3. The Morgan fingerprint density at radius 2 is 1.40 bits per heavy atom. The number of rotatable bonds is 4. The van der Waals surface area contributed by atoms with Crippen LogP contribution in [0.3, 0.4) is 0 Å². The topological polar surface area (TPSA) is 121 Å². The number of carbonyl (C=O) groups excluding carboxylic acids is 3. The first-order valence-corrected chi connectivity index (χ1v) is 8.01. The van der Waals surface area contributed by atoms with Crippen LogP contribution in [0.4, 0.5) is 0 Å². The van der Waals surface area contributed by atoms with E-state index in [-0.39, 0.29) is 6.61 Å². The fourth-order valence-electron chi connectivity index (χ4n) is 1.99. The fraction of sp³-hybridized carbons (Fsp3) is 0.692. The Balaban J connectivity index is 3.09. The van der Waals surface area contributed by atoms with Crippen LogP contribution in [-0.2, 0) is 38.1 Å². The predicted molar refractivity (Wildman–Crippen MR) is 85.5 cm³/mol. The molecular weight excluding hydrogens is 405 g/mol. The summed E-state index contributed by atoms with van der Waals surface area (Å²) >= 11 is 16.6. The number of halogens is 3. The summed E-state index contributed by atoms with van der Waals surface area (Å²) in [6.45, 7) is 3.09. The molecule has 1 saturated heterocycles. The van der Waals surface area contributed by atoms with Crippen molar-refractivity contribution in [1.82, 2.24) is 0 Å². The molecule has 0 aromatic carbocycles. The Kier molecular flexibility index (Phi) is 7.73. The van der Waals surface area contributed by atoms with E-state index in [2.05, 4.69) is 0 Å². The second kappa shape index (κ2) is 8.88. The van der Waals surface area contributed by atoms with E-state index in [1.54, 1.807) is 0 Å². The number of hydrogen-bond donors (Lipinski definition) is 1. The summed E-state index contributed by atoms with van der Waals surface area (Å²) in [6, 6.07) is 0. The second-order valence-corrected chi connectivity index (χ2v) is 7.22. The van der Waals surface area contributed by atoms with Gasteiger partial charge in [0.15, 0.2) is 12.2 Å². The minimum atomic E-state index is -2.19. The summed E-state index contributed by atoms with van der Waals surface area (Å²) in [5, 5.41) is 7.59. The van der Waals surface area contributed by atoms with Crippen molar-refractivity contribution in [2.24, 2.45) is 0 Å². The van der Waals surface area contributed by atoms with Gasteiger partial charge in [0.2, 0.25) is 18.3 Å². The van der Waals surface area contributed by atoms with Gasteiger partial charge in [-0.15, -0.1) is 0 Å². The van der Waals surface area contributed by atoms with Gasteiger partial charge in [0, 0.05) is 20.8 Å².